The van der Waals surface area contributed by atoms with Gasteiger partial charge in [-0.2, -0.15) is 0 Å². The molecule has 0 saturated heterocycles. The molecular weight excluding hydrogens is 212 g/mol. The number of carbonyl (C=O) groups is 1. The number of fused-ring (bicyclic) bond motifs is 5. The van der Waals surface area contributed by atoms with Gasteiger partial charge in [0.25, 0.3) is 0 Å². The molecule has 3 aliphatic carbocycles. The topological polar surface area (TPSA) is 26.3 Å². The van der Waals surface area contributed by atoms with Crippen molar-refractivity contribution in [2.24, 2.45) is 23.7 Å². The summed E-state index contributed by atoms with van der Waals surface area (Å²) in [5.41, 5.74) is 1.01. The summed E-state index contributed by atoms with van der Waals surface area (Å²) in [7, 11) is 0. The van der Waals surface area contributed by atoms with E-state index in [2.05, 4.69) is 12.2 Å². The van der Waals surface area contributed by atoms with Crippen molar-refractivity contribution in [2.45, 2.75) is 39.2 Å². The van der Waals surface area contributed by atoms with Gasteiger partial charge in [0.1, 0.15) is 6.10 Å². The Bertz CT molecular complexity index is 370. The molecule has 0 amide bonds. The molecule has 0 heterocycles. The fourth-order valence-corrected chi connectivity index (χ4v) is 3.96. The van der Waals surface area contributed by atoms with Crippen LogP contribution in [0.15, 0.2) is 23.8 Å². The van der Waals surface area contributed by atoms with E-state index in [1.165, 1.54) is 6.42 Å². The number of esters is 1. The van der Waals surface area contributed by atoms with Crippen LogP contribution in [0.1, 0.15) is 33.1 Å². The maximum atomic E-state index is 11.6. The minimum Gasteiger partial charge on any atom is -0.459 e. The summed E-state index contributed by atoms with van der Waals surface area (Å²) in [6.45, 7) is 3.85. The van der Waals surface area contributed by atoms with Crippen LogP contribution in [0.2, 0.25) is 0 Å². The summed E-state index contributed by atoms with van der Waals surface area (Å²) in [5.74, 6) is 2.97. The van der Waals surface area contributed by atoms with Gasteiger partial charge in [-0.25, -0.2) is 4.79 Å². The van der Waals surface area contributed by atoms with E-state index in [9.17, 15) is 4.79 Å². The van der Waals surface area contributed by atoms with Gasteiger partial charge in [-0.3, -0.25) is 0 Å². The minimum absolute atomic E-state index is 0.157. The van der Waals surface area contributed by atoms with Gasteiger partial charge in [0.2, 0.25) is 0 Å². The Morgan fingerprint density at radius 1 is 1.12 bits per heavy atom. The molecule has 2 fully saturated rings. The first-order valence-electron chi connectivity index (χ1n) is 6.67. The molecular formula is C15H20O2. The van der Waals surface area contributed by atoms with Crippen LogP contribution < -0.4 is 0 Å². The number of carbonyl (C=O) groups excluding carboxylic acids is 1. The molecule has 2 saturated carbocycles. The smallest absolute Gasteiger partial charge is 0.330 e. The number of hydrogen-bond acceptors (Lipinski definition) is 2. The van der Waals surface area contributed by atoms with Crippen LogP contribution in [0.3, 0.4) is 0 Å². The monoisotopic (exact) mass is 232 g/mol. The van der Waals surface area contributed by atoms with Gasteiger partial charge in [-0.1, -0.05) is 17.7 Å². The van der Waals surface area contributed by atoms with Crippen LogP contribution in [0.4, 0.5) is 0 Å². The highest BCUT2D eigenvalue weighted by Gasteiger charge is 2.50. The molecule has 0 N–H and O–H groups in total. The van der Waals surface area contributed by atoms with Crippen molar-refractivity contribution in [2.75, 3.05) is 0 Å². The van der Waals surface area contributed by atoms with E-state index < -0.39 is 0 Å². The van der Waals surface area contributed by atoms with Crippen LogP contribution in [0.25, 0.3) is 0 Å². The van der Waals surface area contributed by atoms with Crippen molar-refractivity contribution in [3.8, 4) is 0 Å². The zero-order chi connectivity index (χ0) is 12.0. The van der Waals surface area contributed by atoms with Gasteiger partial charge in [0.05, 0.1) is 0 Å². The quantitative estimate of drug-likeness (QED) is 0.415. The maximum absolute atomic E-state index is 11.6. The van der Waals surface area contributed by atoms with E-state index in [0.29, 0.717) is 0 Å². The van der Waals surface area contributed by atoms with Crippen molar-refractivity contribution in [3.63, 3.8) is 0 Å². The maximum Gasteiger partial charge on any atom is 0.330 e. The van der Waals surface area contributed by atoms with E-state index in [1.54, 1.807) is 6.08 Å². The lowest BCUT2D eigenvalue weighted by molar-refractivity contribution is -0.143. The van der Waals surface area contributed by atoms with Gasteiger partial charge in [-0.05, 0) is 56.8 Å². The average Bonchev–Trinajstić information content (AvgIpc) is 2.84. The fraction of sp³-hybridized carbons (Fsp3) is 0.667. The minimum atomic E-state index is -0.157. The first kappa shape index (κ1) is 11.1. The zero-order valence-electron chi connectivity index (χ0n) is 10.6. The highest BCUT2D eigenvalue weighted by Crippen LogP contribution is 2.55. The van der Waals surface area contributed by atoms with Crippen LogP contribution >= 0.6 is 0 Å². The second-order valence-electron chi connectivity index (χ2n) is 6.03. The molecule has 0 radical (unpaired) electrons. The molecule has 0 aliphatic heterocycles. The van der Waals surface area contributed by atoms with Crippen LogP contribution in [-0.4, -0.2) is 12.1 Å². The Morgan fingerprint density at radius 2 is 1.71 bits per heavy atom. The van der Waals surface area contributed by atoms with E-state index in [1.807, 2.05) is 13.8 Å². The summed E-state index contributed by atoms with van der Waals surface area (Å²) < 4.78 is 5.54. The molecule has 0 aromatic carbocycles. The summed E-state index contributed by atoms with van der Waals surface area (Å²) in [6, 6.07) is 0. The molecule has 17 heavy (non-hydrogen) atoms. The highest BCUT2D eigenvalue weighted by atomic mass is 16.5. The van der Waals surface area contributed by atoms with Gasteiger partial charge >= 0.3 is 5.97 Å². The van der Waals surface area contributed by atoms with Crippen LogP contribution in [-0.2, 0) is 9.53 Å². The van der Waals surface area contributed by atoms with Crippen molar-refractivity contribution in [1.29, 1.82) is 0 Å². The number of hydrogen-bond donors (Lipinski definition) is 0. The Labute approximate surface area is 103 Å². The van der Waals surface area contributed by atoms with E-state index in [0.717, 1.165) is 42.1 Å². The summed E-state index contributed by atoms with van der Waals surface area (Å²) >= 11 is 0. The van der Waals surface area contributed by atoms with E-state index in [-0.39, 0.29) is 12.1 Å². The lowest BCUT2D eigenvalue weighted by atomic mass is 9.86. The van der Waals surface area contributed by atoms with Crippen molar-refractivity contribution in [1.82, 2.24) is 0 Å². The molecule has 0 aromatic heterocycles. The average molecular weight is 232 g/mol. The lowest BCUT2D eigenvalue weighted by Gasteiger charge is -2.18. The van der Waals surface area contributed by atoms with Crippen molar-refractivity contribution < 1.29 is 9.53 Å². The van der Waals surface area contributed by atoms with Gasteiger partial charge < -0.3 is 4.74 Å². The molecule has 92 valence electrons. The Morgan fingerprint density at radius 3 is 2.24 bits per heavy atom. The summed E-state index contributed by atoms with van der Waals surface area (Å²) in [6.07, 6.45) is 10.0. The molecule has 2 bridgehead atoms. The third kappa shape index (κ3) is 1.94. The fourth-order valence-electron chi connectivity index (χ4n) is 3.96. The molecule has 4 unspecified atom stereocenters. The number of allylic oxidation sites excluding steroid dienone is 3. The molecule has 4 atom stereocenters. The van der Waals surface area contributed by atoms with Gasteiger partial charge in [0, 0.05) is 6.08 Å². The van der Waals surface area contributed by atoms with Crippen LogP contribution in [0.5, 0.6) is 0 Å². The van der Waals surface area contributed by atoms with Crippen molar-refractivity contribution >= 4 is 5.97 Å². The largest absolute Gasteiger partial charge is 0.459 e. The lowest BCUT2D eigenvalue weighted by Crippen LogP contribution is -2.15. The SMILES string of the molecule is CC(C)=CC(=O)OC1CC2C3C=CC(C3)C2C1. The van der Waals surface area contributed by atoms with E-state index in [4.69, 9.17) is 4.74 Å². The molecule has 0 spiro atoms. The predicted octanol–water partition coefficient (Wildman–Crippen LogP) is 3.10. The van der Waals surface area contributed by atoms with Crippen molar-refractivity contribution in [3.05, 3.63) is 23.8 Å². The second kappa shape index (κ2) is 4.01. The molecule has 3 rings (SSSR count). The first-order chi connectivity index (χ1) is 8.13. The molecule has 0 aromatic rings. The summed E-state index contributed by atoms with van der Waals surface area (Å²) in [4.78, 5) is 11.6. The van der Waals surface area contributed by atoms with E-state index >= 15 is 0 Å². The highest BCUT2D eigenvalue weighted by molar-refractivity contribution is 5.82. The normalized spacial score (nSPS) is 41.4. The Hall–Kier alpha value is -1.05. The third-order valence-electron chi connectivity index (χ3n) is 4.56. The van der Waals surface area contributed by atoms with Gasteiger partial charge in [0.15, 0.2) is 0 Å². The number of ether oxygens (including phenoxy) is 1. The third-order valence-corrected chi connectivity index (χ3v) is 4.56. The molecule has 2 heteroatoms. The molecule has 2 nitrogen and oxygen atoms in total. The second-order valence-corrected chi connectivity index (χ2v) is 6.03. The first-order valence-corrected chi connectivity index (χ1v) is 6.67. The molecule has 3 aliphatic rings. The Kier molecular flexibility index (Phi) is 2.61. The summed E-state index contributed by atoms with van der Waals surface area (Å²) in [5, 5.41) is 0. The van der Waals surface area contributed by atoms with Crippen LogP contribution in [0, 0.1) is 23.7 Å². The predicted molar refractivity (Wildman–Crippen MR) is 66.3 cm³/mol. The number of rotatable bonds is 2. The zero-order valence-corrected chi connectivity index (χ0v) is 10.6. The standard InChI is InChI=1S/C15H20O2/c1-9(2)5-15(16)17-12-7-13-10-3-4-11(6-10)14(13)8-12/h3-5,10-14H,6-8H2,1-2H3. The van der Waals surface area contributed by atoms with Gasteiger partial charge in [-0.15, -0.1) is 0 Å². The Balaban J connectivity index is 1.60.